The van der Waals surface area contributed by atoms with Crippen LogP contribution in [-0.2, 0) is 10.3 Å². The highest BCUT2D eigenvalue weighted by atomic mass is 16.5. The van der Waals surface area contributed by atoms with E-state index in [0.717, 1.165) is 17.8 Å². The largest absolute Gasteiger partial charge is 0.371 e. The fourth-order valence-corrected chi connectivity index (χ4v) is 1.62. The van der Waals surface area contributed by atoms with Gasteiger partial charge in [-0.25, -0.2) is 4.98 Å². The number of H-pyrrole nitrogens is 1. The first-order valence-electron chi connectivity index (χ1n) is 5.73. The van der Waals surface area contributed by atoms with E-state index in [4.69, 9.17) is 4.74 Å². The molecule has 1 aromatic carbocycles. The van der Waals surface area contributed by atoms with Gasteiger partial charge in [-0.15, -0.1) is 0 Å². The highest BCUT2D eigenvalue weighted by molar-refractivity contribution is 5.53. The summed E-state index contributed by atoms with van der Waals surface area (Å²) in [6, 6.07) is 9.90. The number of benzene rings is 1. The average molecular weight is 231 g/mol. The maximum absolute atomic E-state index is 5.49. The van der Waals surface area contributed by atoms with Crippen LogP contribution < -0.4 is 0 Å². The standard InChI is InChI=1S/C13H17N3O/c1-4-13(2,17-3)12-14-11(15-16-12)10-8-6-5-7-9-10/h5-9H,4H2,1-3H3,(H,14,15,16). The van der Waals surface area contributed by atoms with Crippen molar-refractivity contribution < 1.29 is 4.74 Å². The molecule has 1 aromatic heterocycles. The second kappa shape index (κ2) is 4.67. The minimum Gasteiger partial charge on any atom is -0.371 e. The monoisotopic (exact) mass is 231 g/mol. The number of hydrogen-bond acceptors (Lipinski definition) is 3. The van der Waals surface area contributed by atoms with Crippen LogP contribution >= 0.6 is 0 Å². The van der Waals surface area contributed by atoms with E-state index in [1.54, 1.807) is 7.11 Å². The molecule has 17 heavy (non-hydrogen) atoms. The van der Waals surface area contributed by atoms with E-state index in [9.17, 15) is 0 Å². The van der Waals surface area contributed by atoms with Crippen LogP contribution in [0.3, 0.4) is 0 Å². The zero-order valence-electron chi connectivity index (χ0n) is 10.4. The van der Waals surface area contributed by atoms with E-state index in [2.05, 4.69) is 22.1 Å². The summed E-state index contributed by atoms with van der Waals surface area (Å²) < 4.78 is 5.49. The predicted molar refractivity (Wildman–Crippen MR) is 66.5 cm³/mol. The van der Waals surface area contributed by atoms with Crippen LogP contribution in [0, 0.1) is 0 Å². The van der Waals surface area contributed by atoms with Gasteiger partial charge in [-0.05, 0) is 13.3 Å². The summed E-state index contributed by atoms with van der Waals surface area (Å²) in [7, 11) is 1.69. The molecule has 0 fully saturated rings. The summed E-state index contributed by atoms with van der Waals surface area (Å²) >= 11 is 0. The van der Waals surface area contributed by atoms with Gasteiger partial charge in [0.2, 0.25) is 0 Å². The Morgan fingerprint density at radius 2 is 2.00 bits per heavy atom. The molecule has 0 aliphatic heterocycles. The maximum atomic E-state index is 5.49. The van der Waals surface area contributed by atoms with Gasteiger partial charge in [-0.3, -0.25) is 5.10 Å². The zero-order chi connectivity index (χ0) is 12.3. The van der Waals surface area contributed by atoms with Gasteiger partial charge in [0.1, 0.15) is 5.60 Å². The molecule has 0 spiro atoms. The van der Waals surface area contributed by atoms with E-state index in [0.29, 0.717) is 5.82 Å². The topological polar surface area (TPSA) is 50.8 Å². The van der Waals surface area contributed by atoms with Crippen LogP contribution in [0.5, 0.6) is 0 Å². The number of aromatic amines is 1. The van der Waals surface area contributed by atoms with Gasteiger partial charge in [0, 0.05) is 12.7 Å². The molecular weight excluding hydrogens is 214 g/mol. The van der Waals surface area contributed by atoms with E-state index in [1.807, 2.05) is 37.3 Å². The van der Waals surface area contributed by atoms with Crippen LogP contribution in [0.4, 0.5) is 0 Å². The average Bonchev–Trinajstić information content (AvgIpc) is 2.89. The SMILES string of the molecule is CCC(C)(OC)c1nc(-c2ccccc2)n[nH]1. The number of rotatable bonds is 4. The number of aromatic nitrogens is 3. The van der Waals surface area contributed by atoms with Gasteiger partial charge in [0.25, 0.3) is 0 Å². The molecule has 2 rings (SSSR count). The molecule has 1 heterocycles. The van der Waals surface area contributed by atoms with Crippen LogP contribution in [0.1, 0.15) is 26.1 Å². The molecular formula is C13H17N3O. The lowest BCUT2D eigenvalue weighted by Crippen LogP contribution is -2.24. The highest BCUT2D eigenvalue weighted by Crippen LogP contribution is 2.26. The summed E-state index contributed by atoms with van der Waals surface area (Å²) in [4.78, 5) is 4.50. The summed E-state index contributed by atoms with van der Waals surface area (Å²) in [5.74, 6) is 1.47. The minimum atomic E-state index is -0.403. The van der Waals surface area contributed by atoms with E-state index >= 15 is 0 Å². The molecule has 0 aliphatic carbocycles. The molecule has 90 valence electrons. The fourth-order valence-electron chi connectivity index (χ4n) is 1.62. The minimum absolute atomic E-state index is 0.403. The van der Waals surface area contributed by atoms with Crippen molar-refractivity contribution in [1.29, 1.82) is 0 Å². The predicted octanol–water partition coefficient (Wildman–Crippen LogP) is 2.74. The molecule has 0 saturated heterocycles. The fraction of sp³-hybridized carbons (Fsp3) is 0.385. The summed E-state index contributed by atoms with van der Waals surface area (Å²) in [6.45, 7) is 4.07. The third-order valence-corrected chi connectivity index (χ3v) is 3.14. The molecule has 0 amide bonds. The van der Waals surface area contributed by atoms with Crippen molar-refractivity contribution >= 4 is 0 Å². The summed E-state index contributed by atoms with van der Waals surface area (Å²) in [6.07, 6.45) is 0.840. The van der Waals surface area contributed by atoms with Crippen LogP contribution in [0.2, 0.25) is 0 Å². The van der Waals surface area contributed by atoms with Crippen molar-refractivity contribution in [2.75, 3.05) is 7.11 Å². The van der Waals surface area contributed by atoms with Crippen LogP contribution in [0.25, 0.3) is 11.4 Å². The molecule has 1 atom stereocenters. The Morgan fingerprint density at radius 1 is 1.29 bits per heavy atom. The lowest BCUT2D eigenvalue weighted by atomic mass is 10.0. The molecule has 4 nitrogen and oxygen atoms in total. The molecule has 0 bridgehead atoms. The first-order chi connectivity index (χ1) is 8.19. The van der Waals surface area contributed by atoms with Crippen molar-refractivity contribution in [2.24, 2.45) is 0 Å². The van der Waals surface area contributed by atoms with E-state index in [1.165, 1.54) is 0 Å². The molecule has 0 saturated carbocycles. The van der Waals surface area contributed by atoms with Gasteiger partial charge >= 0.3 is 0 Å². The Morgan fingerprint density at radius 3 is 2.59 bits per heavy atom. The van der Waals surface area contributed by atoms with Gasteiger partial charge in [-0.1, -0.05) is 37.3 Å². The van der Waals surface area contributed by atoms with Gasteiger partial charge in [0.05, 0.1) is 0 Å². The number of nitrogens with one attached hydrogen (secondary N) is 1. The van der Waals surface area contributed by atoms with Gasteiger partial charge in [-0.2, -0.15) is 5.10 Å². The van der Waals surface area contributed by atoms with Crippen molar-refractivity contribution in [3.8, 4) is 11.4 Å². The van der Waals surface area contributed by atoms with E-state index < -0.39 is 5.60 Å². The summed E-state index contributed by atoms with van der Waals surface area (Å²) in [5, 5.41) is 7.19. The Kier molecular flexibility index (Phi) is 3.24. The van der Waals surface area contributed by atoms with Gasteiger partial charge < -0.3 is 4.74 Å². The Labute approximate surface area is 101 Å². The zero-order valence-corrected chi connectivity index (χ0v) is 10.4. The molecule has 0 aliphatic rings. The highest BCUT2D eigenvalue weighted by Gasteiger charge is 2.28. The van der Waals surface area contributed by atoms with Crippen LogP contribution in [0.15, 0.2) is 30.3 Å². The number of hydrogen-bond donors (Lipinski definition) is 1. The van der Waals surface area contributed by atoms with Crippen molar-refractivity contribution in [3.63, 3.8) is 0 Å². The Hall–Kier alpha value is -1.68. The Bertz CT molecular complexity index is 474. The molecule has 1 N–H and O–H groups in total. The first kappa shape index (κ1) is 11.8. The molecule has 1 unspecified atom stereocenters. The van der Waals surface area contributed by atoms with Crippen LogP contribution in [-0.4, -0.2) is 22.3 Å². The normalized spacial score (nSPS) is 14.5. The number of methoxy groups -OCH3 is 1. The third-order valence-electron chi connectivity index (χ3n) is 3.14. The van der Waals surface area contributed by atoms with Crippen molar-refractivity contribution in [1.82, 2.24) is 15.2 Å². The smallest absolute Gasteiger partial charge is 0.181 e. The quantitative estimate of drug-likeness (QED) is 0.880. The lowest BCUT2D eigenvalue weighted by molar-refractivity contribution is -0.00864. The summed E-state index contributed by atoms with van der Waals surface area (Å²) in [5.41, 5.74) is 0.601. The molecule has 0 radical (unpaired) electrons. The third kappa shape index (κ3) is 2.22. The Balaban J connectivity index is 2.34. The van der Waals surface area contributed by atoms with Crippen molar-refractivity contribution in [3.05, 3.63) is 36.2 Å². The van der Waals surface area contributed by atoms with Crippen molar-refractivity contribution in [2.45, 2.75) is 25.9 Å². The van der Waals surface area contributed by atoms with E-state index in [-0.39, 0.29) is 0 Å². The second-order valence-electron chi connectivity index (χ2n) is 4.16. The number of ether oxygens (including phenoxy) is 1. The lowest BCUT2D eigenvalue weighted by Gasteiger charge is -2.23. The molecule has 4 heteroatoms. The number of nitrogens with zero attached hydrogens (tertiary/aromatic N) is 2. The van der Waals surface area contributed by atoms with Gasteiger partial charge in [0.15, 0.2) is 11.6 Å². The molecule has 2 aromatic rings. The first-order valence-corrected chi connectivity index (χ1v) is 5.73. The second-order valence-corrected chi connectivity index (χ2v) is 4.16. The maximum Gasteiger partial charge on any atom is 0.181 e.